The normalized spacial score (nSPS) is 19.9. The molecule has 0 amide bonds. The molecule has 6 nitrogen and oxygen atoms in total. The lowest BCUT2D eigenvalue weighted by atomic mass is 10.1. The summed E-state index contributed by atoms with van der Waals surface area (Å²) in [5, 5.41) is 0. The quantitative estimate of drug-likeness (QED) is 0.778. The van der Waals surface area contributed by atoms with Gasteiger partial charge < -0.3 is 14.5 Å². The molecule has 0 saturated carbocycles. The molecule has 29 heavy (non-hydrogen) atoms. The summed E-state index contributed by atoms with van der Waals surface area (Å²) in [5.41, 5.74) is 0.624. The average molecular weight is 408 g/mol. The lowest BCUT2D eigenvalue weighted by molar-refractivity contribution is -0.152. The Kier molecular flexibility index (Phi) is 5.49. The molecule has 2 aliphatic rings. The van der Waals surface area contributed by atoms with E-state index in [1.54, 1.807) is 0 Å². The van der Waals surface area contributed by atoms with Gasteiger partial charge in [-0.3, -0.25) is 9.36 Å². The molecule has 1 aromatic carbocycles. The first-order valence-electron chi connectivity index (χ1n) is 9.75. The highest BCUT2D eigenvalue weighted by Gasteiger charge is 2.46. The van der Waals surface area contributed by atoms with Gasteiger partial charge in [0.05, 0.1) is 13.2 Å². The van der Waals surface area contributed by atoms with Crippen molar-refractivity contribution < 1.29 is 17.9 Å². The highest BCUT2D eigenvalue weighted by molar-refractivity contribution is 5.47. The van der Waals surface area contributed by atoms with Crippen LogP contribution in [0.1, 0.15) is 12.0 Å². The molecular weight excluding hydrogens is 385 g/mol. The summed E-state index contributed by atoms with van der Waals surface area (Å²) in [6, 6.07) is 9.12. The number of nitrogens with zero attached hydrogens (tertiary/aromatic N) is 4. The molecule has 2 aliphatic heterocycles. The first-order chi connectivity index (χ1) is 13.9. The summed E-state index contributed by atoms with van der Waals surface area (Å²) in [5.74, 6) is 0.514. The Morgan fingerprint density at radius 1 is 1.10 bits per heavy atom. The third-order valence-corrected chi connectivity index (χ3v) is 5.43. The smallest absolute Gasteiger partial charge is 0.378 e. The fourth-order valence-corrected chi connectivity index (χ4v) is 3.90. The Morgan fingerprint density at radius 2 is 1.83 bits per heavy atom. The summed E-state index contributed by atoms with van der Waals surface area (Å²) in [4.78, 5) is 20.3. The van der Waals surface area contributed by atoms with Gasteiger partial charge in [0.15, 0.2) is 0 Å². The number of fused-ring (bicyclic) bond motifs is 1. The largest absolute Gasteiger partial charge is 0.408 e. The molecule has 1 aromatic heterocycles. The van der Waals surface area contributed by atoms with Gasteiger partial charge in [0.25, 0.3) is 5.56 Å². The molecule has 0 aliphatic carbocycles. The van der Waals surface area contributed by atoms with Crippen LogP contribution in [0.2, 0.25) is 0 Å². The maximum atomic E-state index is 13.8. The molecule has 9 heteroatoms. The molecule has 156 valence electrons. The number of anilines is 2. The highest BCUT2D eigenvalue weighted by Crippen LogP contribution is 2.34. The van der Waals surface area contributed by atoms with Gasteiger partial charge in [-0.1, -0.05) is 30.3 Å². The maximum Gasteiger partial charge on any atom is 0.408 e. The molecule has 0 bridgehead atoms. The van der Waals surface area contributed by atoms with Crippen LogP contribution in [0.3, 0.4) is 0 Å². The predicted molar refractivity (Wildman–Crippen MR) is 103 cm³/mol. The van der Waals surface area contributed by atoms with Gasteiger partial charge >= 0.3 is 6.18 Å². The SMILES string of the molecule is O=c1cc(N2CCOCC2)nc2n1CC[C@H](C(F)(F)F)N2CCc1ccccc1. The standard InChI is InChI=1S/C20H23F3N4O2/c21-20(22,23)16-7-9-27-18(28)14-17(25-10-12-29-13-11-25)24-19(27)26(16)8-6-15-4-2-1-3-5-15/h1-5,14,16H,6-13H2/t16-/m1/s1. The first kappa shape index (κ1) is 19.8. The molecule has 4 rings (SSSR count). The Bertz CT molecular complexity index is 895. The molecule has 3 heterocycles. The van der Waals surface area contributed by atoms with E-state index in [2.05, 4.69) is 4.98 Å². The summed E-state index contributed by atoms with van der Waals surface area (Å²) in [6.45, 7) is 2.26. The molecule has 2 aromatic rings. The topological polar surface area (TPSA) is 50.6 Å². The van der Waals surface area contributed by atoms with Crippen LogP contribution in [-0.2, 0) is 17.7 Å². The molecule has 1 saturated heterocycles. The number of hydrogen-bond acceptors (Lipinski definition) is 5. The lowest BCUT2D eigenvalue weighted by Gasteiger charge is -2.39. The number of rotatable bonds is 4. The number of halogens is 3. The highest BCUT2D eigenvalue weighted by atomic mass is 19.4. The molecule has 1 fully saturated rings. The number of hydrogen-bond donors (Lipinski definition) is 0. The van der Waals surface area contributed by atoms with Crippen LogP contribution in [-0.4, -0.2) is 54.6 Å². The number of benzene rings is 1. The van der Waals surface area contributed by atoms with Crippen LogP contribution in [0.15, 0.2) is 41.2 Å². The maximum absolute atomic E-state index is 13.8. The summed E-state index contributed by atoms with van der Waals surface area (Å²) >= 11 is 0. The van der Waals surface area contributed by atoms with Gasteiger partial charge in [0, 0.05) is 32.2 Å². The zero-order valence-electron chi connectivity index (χ0n) is 15.9. The second kappa shape index (κ2) is 8.06. The fraction of sp³-hybridized carbons (Fsp3) is 0.500. The van der Waals surface area contributed by atoms with Crippen molar-refractivity contribution in [3.63, 3.8) is 0 Å². The van der Waals surface area contributed by atoms with E-state index in [0.29, 0.717) is 38.5 Å². The van der Waals surface area contributed by atoms with Crippen LogP contribution < -0.4 is 15.4 Å². The number of alkyl halides is 3. The van der Waals surface area contributed by atoms with E-state index in [0.717, 1.165) is 5.56 Å². The van der Waals surface area contributed by atoms with Gasteiger partial charge in [0.2, 0.25) is 5.95 Å². The Labute approximate surface area is 166 Å². The van der Waals surface area contributed by atoms with E-state index >= 15 is 0 Å². The predicted octanol–water partition coefficient (Wildman–Crippen LogP) is 2.46. The van der Waals surface area contributed by atoms with E-state index < -0.39 is 12.2 Å². The number of aromatic nitrogens is 2. The van der Waals surface area contributed by atoms with Gasteiger partial charge in [-0.2, -0.15) is 18.2 Å². The minimum Gasteiger partial charge on any atom is -0.378 e. The summed E-state index contributed by atoms with van der Waals surface area (Å²) in [7, 11) is 0. The van der Waals surface area contributed by atoms with E-state index in [1.807, 2.05) is 35.2 Å². The lowest BCUT2D eigenvalue weighted by Crippen LogP contribution is -2.53. The zero-order valence-corrected chi connectivity index (χ0v) is 15.9. The first-order valence-corrected chi connectivity index (χ1v) is 9.75. The van der Waals surface area contributed by atoms with Crippen LogP contribution in [0, 0.1) is 0 Å². The summed E-state index contributed by atoms with van der Waals surface area (Å²) < 4.78 is 48.0. The average Bonchev–Trinajstić information content (AvgIpc) is 2.72. The molecule has 0 N–H and O–H groups in total. The van der Waals surface area contributed by atoms with E-state index in [9.17, 15) is 18.0 Å². The van der Waals surface area contributed by atoms with Gasteiger partial charge in [-0.05, 0) is 18.4 Å². The zero-order chi connectivity index (χ0) is 20.4. The van der Waals surface area contributed by atoms with Crippen LogP contribution in [0.4, 0.5) is 24.9 Å². The van der Waals surface area contributed by atoms with Gasteiger partial charge in [-0.15, -0.1) is 0 Å². The second-order valence-corrected chi connectivity index (χ2v) is 7.28. The Hall–Kier alpha value is -2.55. The van der Waals surface area contributed by atoms with Crippen LogP contribution in [0.5, 0.6) is 0 Å². The van der Waals surface area contributed by atoms with Crippen LogP contribution >= 0.6 is 0 Å². The minimum atomic E-state index is -4.39. The monoisotopic (exact) mass is 408 g/mol. The number of morpholine rings is 1. The molecule has 0 unspecified atom stereocenters. The van der Waals surface area contributed by atoms with E-state index in [-0.39, 0.29) is 31.0 Å². The number of ether oxygens (including phenoxy) is 1. The van der Waals surface area contributed by atoms with Crippen molar-refractivity contribution in [1.29, 1.82) is 0 Å². The Balaban J connectivity index is 1.69. The molecule has 1 atom stereocenters. The van der Waals surface area contributed by atoms with Crippen molar-refractivity contribution in [2.75, 3.05) is 42.6 Å². The molecular formula is C20H23F3N4O2. The van der Waals surface area contributed by atoms with Crippen molar-refractivity contribution in [3.8, 4) is 0 Å². The van der Waals surface area contributed by atoms with Crippen LogP contribution in [0.25, 0.3) is 0 Å². The van der Waals surface area contributed by atoms with E-state index in [1.165, 1.54) is 15.5 Å². The van der Waals surface area contributed by atoms with Gasteiger partial charge in [-0.25, -0.2) is 0 Å². The third kappa shape index (κ3) is 4.24. The van der Waals surface area contributed by atoms with Crippen molar-refractivity contribution in [1.82, 2.24) is 9.55 Å². The van der Waals surface area contributed by atoms with Crippen molar-refractivity contribution in [2.45, 2.75) is 31.6 Å². The Morgan fingerprint density at radius 3 is 2.52 bits per heavy atom. The molecule has 0 radical (unpaired) electrons. The van der Waals surface area contributed by atoms with Crippen molar-refractivity contribution in [2.24, 2.45) is 0 Å². The third-order valence-electron chi connectivity index (χ3n) is 5.43. The summed E-state index contributed by atoms with van der Waals surface area (Å²) in [6.07, 6.45) is -4.12. The van der Waals surface area contributed by atoms with Crippen molar-refractivity contribution in [3.05, 3.63) is 52.3 Å². The minimum absolute atomic E-state index is 0.0105. The van der Waals surface area contributed by atoms with Crippen molar-refractivity contribution >= 4 is 11.8 Å². The molecule has 0 spiro atoms. The van der Waals surface area contributed by atoms with E-state index in [4.69, 9.17) is 4.74 Å². The van der Waals surface area contributed by atoms with Gasteiger partial charge in [0.1, 0.15) is 11.9 Å². The second-order valence-electron chi connectivity index (χ2n) is 7.28. The fourth-order valence-electron chi connectivity index (χ4n) is 3.90.